The van der Waals surface area contributed by atoms with E-state index in [9.17, 15) is 4.79 Å². The molecule has 3 rings (SSSR count). The zero-order valence-electron chi connectivity index (χ0n) is 22.0. The molecule has 2 nitrogen and oxygen atoms in total. The van der Waals surface area contributed by atoms with E-state index in [4.69, 9.17) is 16.3 Å². The Kier molecular flexibility index (Phi) is 9.84. The SMILES string of the molecule is C=C1C[C@@H](C)C(C=CCc2cc(C)cc(Cl)c2)[C@H]1CCCc1ccc(C(=O)OCC(C)(C)CC)s1. The first-order valence-corrected chi connectivity index (χ1v) is 14.1. The number of aryl methyl sites for hydroxylation is 2. The second kappa shape index (κ2) is 12.4. The minimum Gasteiger partial charge on any atom is -0.461 e. The van der Waals surface area contributed by atoms with Crippen LogP contribution in [0.4, 0.5) is 0 Å². The summed E-state index contributed by atoms with van der Waals surface area (Å²) >= 11 is 7.80. The molecule has 35 heavy (non-hydrogen) atoms. The summed E-state index contributed by atoms with van der Waals surface area (Å²) in [5.74, 6) is 1.50. The first kappa shape index (κ1) is 27.7. The van der Waals surface area contributed by atoms with Gasteiger partial charge < -0.3 is 4.74 Å². The van der Waals surface area contributed by atoms with Gasteiger partial charge in [-0.15, -0.1) is 11.3 Å². The Labute approximate surface area is 221 Å². The van der Waals surface area contributed by atoms with Gasteiger partial charge in [-0.1, -0.05) is 69.7 Å². The van der Waals surface area contributed by atoms with Crippen LogP contribution in [-0.2, 0) is 17.6 Å². The second-order valence-electron chi connectivity index (χ2n) is 11.0. The third-order valence-electron chi connectivity index (χ3n) is 7.40. The number of hydrogen-bond acceptors (Lipinski definition) is 3. The molecule has 1 aliphatic carbocycles. The molecular formula is C31H41ClO2S. The molecule has 0 N–H and O–H groups in total. The van der Waals surface area contributed by atoms with Crippen LogP contribution in [0.3, 0.4) is 0 Å². The van der Waals surface area contributed by atoms with Crippen molar-refractivity contribution in [3.8, 4) is 0 Å². The van der Waals surface area contributed by atoms with Gasteiger partial charge in [-0.05, 0) is 104 Å². The predicted molar refractivity (Wildman–Crippen MR) is 151 cm³/mol. The van der Waals surface area contributed by atoms with Crippen molar-refractivity contribution in [1.29, 1.82) is 0 Å². The highest BCUT2D eigenvalue weighted by Crippen LogP contribution is 2.43. The van der Waals surface area contributed by atoms with Gasteiger partial charge in [-0.25, -0.2) is 4.79 Å². The van der Waals surface area contributed by atoms with Crippen molar-refractivity contribution in [3.05, 3.63) is 80.5 Å². The monoisotopic (exact) mass is 512 g/mol. The normalized spacial score (nSPS) is 20.6. The molecule has 1 aromatic carbocycles. The molecule has 190 valence electrons. The van der Waals surface area contributed by atoms with Gasteiger partial charge in [0.1, 0.15) is 4.88 Å². The molecule has 0 saturated heterocycles. The molecular weight excluding hydrogens is 472 g/mol. The van der Waals surface area contributed by atoms with Crippen LogP contribution in [0.15, 0.2) is 54.6 Å². The van der Waals surface area contributed by atoms with Gasteiger partial charge in [0.2, 0.25) is 0 Å². The lowest BCUT2D eigenvalue weighted by Crippen LogP contribution is -2.20. The van der Waals surface area contributed by atoms with Crippen molar-refractivity contribution in [3.63, 3.8) is 0 Å². The molecule has 1 fully saturated rings. The Balaban J connectivity index is 1.51. The minimum atomic E-state index is -0.194. The minimum absolute atomic E-state index is 0.0225. The number of thiophene rings is 1. The van der Waals surface area contributed by atoms with E-state index in [1.165, 1.54) is 21.6 Å². The first-order chi connectivity index (χ1) is 16.6. The molecule has 1 aliphatic rings. The van der Waals surface area contributed by atoms with E-state index in [0.717, 1.165) is 43.5 Å². The summed E-state index contributed by atoms with van der Waals surface area (Å²) in [4.78, 5) is 14.4. The molecule has 2 aromatic rings. The number of hydrogen-bond donors (Lipinski definition) is 0. The lowest BCUT2D eigenvalue weighted by Gasteiger charge is -2.21. The van der Waals surface area contributed by atoms with Crippen LogP contribution in [-0.4, -0.2) is 12.6 Å². The Morgan fingerprint density at radius 2 is 2.06 bits per heavy atom. The fourth-order valence-electron chi connectivity index (χ4n) is 4.93. The quantitative estimate of drug-likeness (QED) is 0.221. The zero-order chi connectivity index (χ0) is 25.6. The summed E-state index contributed by atoms with van der Waals surface area (Å²) < 4.78 is 5.55. The molecule has 1 saturated carbocycles. The molecule has 0 bridgehead atoms. The number of rotatable bonds is 11. The van der Waals surface area contributed by atoms with Crippen molar-refractivity contribution in [2.75, 3.05) is 6.61 Å². The van der Waals surface area contributed by atoms with Crippen molar-refractivity contribution in [2.45, 2.75) is 73.1 Å². The van der Waals surface area contributed by atoms with E-state index in [2.05, 4.69) is 71.5 Å². The summed E-state index contributed by atoms with van der Waals surface area (Å²) in [5.41, 5.74) is 3.88. The molecule has 1 heterocycles. The summed E-state index contributed by atoms with van der Waals surface area (Å²) in [6.07, 6.45) is 11.0. The van der Waals surface area contributed by atoms with Crippen LogP contribution in [0.1, 0.15) is 79.1 Å². The molecule has 4 heteroatoms. The van der Waals surface area contributed by atoms with Gasteiger partial charge in [-0.2, -0.15) is 0 Å². The molecule has 0 aliphatic heterocycles. The fraction of sp³-hybridized carbons (Fsp3) is 0.516. The molecule has 1 unspecified atom stereocenters. The third kappa shape index (κ3) is 8.08. The highest BCUT2D eigenvalue weighted by Gasteiger charge is 2.33. The van der Waals surface area contributed by atoms with E-state index >= 15 is 0 Å². The second-order valence-corrected chi connectivity index (χ2v) is 12.6. The molecule has 1 aromatic heterocycles. The summed E-state index contributed by atoms with van der Waals surface area (Å²) in [7, 11) is 0. The number of allylic oxidation sites excluding steroid dienone is 3. The van der Waals surface area contributed by atoms with Crippen molar-refractivity contribution < 1.29 is 9.53 Å². The summed E-state index contributed by atoms with van der Waals surface area (Å²) in [5, 5.41) is 0.809. The van der Waals surface area contributed by atoms with Crippen LogP contribution in [0.25, 0.3) is 0 Å². The highest BCUT2D eigenvalue weighted by atomic mass is 35.5. The van der Waals surface area contributed by atoms with E-state index in [1.807, 2.05) is 12.1 Å². The first-order valence-electron chi connectivity index (χ1n) is 12.9. The maximum Gasteiger partial charge on any atom is 0.348 e. The van der Waals surface area contributed by atoms with Gasteiger partial charge in [0.15, 0.2) is 0 Å². The molecule has 0 spiro atoms. The number of carbonyl (C=O) groups excluding carboxylic acids is 1. The standard InChI is InChI=1S/C31H41ClO2S/c1-7-31(5,6)20-34-30(33)29-15-14-26(35-29)11-9-13-28-23(4)18-22(3)27(28)12-8-10-24-16-21(2)17-25(32)19-24/h8,12,14-17,19,22,27-28H,4,7,9-11,13,18,20H2,1-3,5-6H3/t22-,27?,28+/m1/s1. The third-order valence-corrected chi connectivity index (χ3v) is 8.74. The predicted octanol–water partition coefficient (Wildman–Crippen LogP) is 9.25. The van der Waals surface area contributed by atoms with Gasteiger partial charge in [0, 0.05) is 9.90 Å². The van der Waals surface area contributed by atoms with E-state index in [0.29, 0.717) is 29.2 Å². The number of halogens is 1. The molecule has 0 radical (unpaired) electrons. The molecule has 3 atom stereocenters. The Morgan fingerprint density at radius 1 is 1.29 bits per heavy atom. The summed E-state index contributed by atoms with van der Waals surface area (Å²) in [6, 6.07) is 10.3. The molecule has 0 amide bonds. The lowest BCUT2D eigenvalue weighted by atomic mass is 9.85. The highest BCUT2D eigenvalue weighted by molar-refractivity contribution is 7.13. The van der Waals surface area contributed by atoms with Gasteiger partial charge >= 0.3 is 5.97 Å². The Bertz CT molecular complexity index is 1030. The van der Waals surface area contributed by atoms with Crippen LogP contribution in [0, 0.1) is 30.1 Å². The van der Waals surface area contributed by atoms with Crippen LogP contribution >= 0.6 is 22.9 Å². The summed E-state index contributed by atoms with van der Waals surface area (Å²) in [6.45, 7) is 15.7. The van der Waals surface area contributed by atoms with Crippen LogP contribution < -0.4 is 0 Å². The van der Waals surface area contributed by atoms with Crippen molar-refractivity contribution >= 4 is 28.9 Å². The van der Waals surface area contributed by atoms with Crippen molar-refractivity contribution in [1.82, 2.24) is 0 Å². The largest absolute Gasteiger partial charge is 0.461 e. The number of ether oxygens (including phenoxy) is 1. The number of benzene rings is 1. The maximum atomic E-state index is 12.4. The van der Waals surface area contributed by atoms with Gasteiger partial charge in [0.05, 0.1) is 6.61 Å². The number of carbonyl (C=O) groups is 1. The lowest BCUT2D eigenvalue weighted by molar-refractivity contribution is 0.0341. The van der Waals surface area contributed by atoms with E-state index in [1.54, 1.807) is 11.3 Å². The topological polar surface area (TPSA) is 26.3 Å². The average molecular weight is 513 g/mol. The van der Waals surface area contributed by atoms with Gasteiger partial charge in [0.25, 0.3) is 0 Å². The Morgan fingerprint density at radius 3 is 2.77 bits per heavy atom. The van der Waals surface area contributed by atoms with Crippen molar-refractivity contribution in [2.24, 2.45) is 23.2 Å². The number of esters is 1. The van der Waals surface area contributed by atoms with E-state index in [-0.39, 0.29) is 11.4 Å². The van der Waals surface area contributed by atoms with Crippen LogP contribution in [0.5, 0.6) is 0 Å². The smallest absolute Gasteiger partial charge is 0.348 e. The zero-order valence-corrected chi connectivity index (χ0v) is 23.6. The van der Waals surface area contributed by atoms with E-state index < -0.39 is 0 Å². The maximum absolute atomic E-state index is 12.4. The van der Waals surface area contributed by atoms with Crippen LogP contribution in [0.2, 0.25) is 5.02 Å². The average Bonchev–Trinajstić information content (AvgIpc) is 3.36. The fourth-order valence-corrected chi connectivity index (χ4v) is 6.19. The Hall–Kier alpha value is -1.84. The van der Waals surface area contributed by atoms with Gasteiger partial charge in [-0.3, -0.25) is 0 Å².